The molecule has 32 heavy (non-hydrogen) atoms. The van der Waals surface area contributed by atoms with Crippen LogP contribution in [0.25, 0.3) is 11.3 Å². The topological polar surface area (TPSA) is 53.5 Å². The van der Waals surface area contributed by atoms with Crippen molar-refractivity contribution in [3.05, 3.63) is 63.5 Å². The zero-order chi connectivity index (χ0) is 23.1. The molecule has 1 saturated heterocycles. The van der Waals surface area contributed by atoms with Crippen LogP contribution in [0, 0.1) is 0 Å². The number of aromatic nitrogens is 1. The van der Waals surface area contributed by atoms with Crippen LogP contribution in [0.1, 0.15) is 5.56 Å². The van der Waals surface area contributed by atoms with Gasteiger partial charge in [0.1, 0.15) is 0 Å². The fourth-order valence-electron chi connectivity index (χ4n) is 3.43. The highest BCUT2D eigenvalue weighted by Crippen LogP contribution is 2.36. The number of thiazole rings is 1. The van der Waals surface area contributed by atoms with Gasteiger partial charge in [0.25, 0.3) is 0 Å². The maximum atomic E-state index is 13.3. The van der Waals surface area contributed by atoms with Gasteiger partial charge >= 0.3 is 6.18 Å². The Morgan fingerprint density at radius 1 is 0.969 bits per heavy atom. The third-order valence-corrected chi connectivity index (χ3v) is 8.26. The minimum atomic E-state index is -4.76. The van der Waals surface area contributed by atoms with E-state index in [1.807, 2.05) is 10.3 Å². The number of hydrogen-bond acceptors (Lipinski definition) is 5. The molecule has 12 heteroatoms. The van der Waals surface area contributed by atoms with Gasteiger partial charge in [-0.25, -0.2) is 13.4 Å². The Bertz CT molecular complexity index is 1220. The molecule has 0 aliphatic carbocycles. The largest absolute Gasteiger partial charge is 0.417 e. The van der Waals surface area contributed by atoms with Gasteiger partial charge in [-0.1, -0.05) is 35.3 Å². The summed E-state index contributed by atoms with van der Waals surface area (Å²) in [5, 5.41) is 3.50. The van der Waals surface area contributed by atoms with Gasteiger partial charge in [0.2, 0.25) is 10.0 Å². The fraction of sp³-hybridized carbons (Fsp3) is 0.250. The molecule has 0 saturated carbocycles. The van der Waals surface area contributed by atoms with Crippen molar-refractivity contribution in [3.8, 4) is 11.3 Å². The van der Waals surface area contributed by atoms with Crippen LogP contribution < -0.4 is 4.90 Å². The molecule has 0 radical (unpaired) electrons. The summed E-state index contributed by atoms with van der Waals surface area (Å²) >= 11 is 13.5. The summed E-state index contributed by atoms with van der Waals surface area (Å²) in [6.45, 7) is 0.701. The number of rotatable bonds is 4. The van der Waals surface area contributed by atoms with Gasteiger partial charge in [0, 0.05) is 47.2 Å². The van der Waals surface area contributed by atoms with Crippen LogP contribution in [-0.4, -0.2) is 43.9 Å². The normalized spacial score (nSPS) is 15.8. The third-order valence-electron chi connectivity index (χ3n) is 4.97. The second-order valence-electron chi connectivity index (χ2n) is 7.06. The highest BCUT2D eigenvalue weighted by molar-refractivity contribution is 7.89. The lowest BCUT2D eigenvalue weighted by molar-refractivity contribution is -0.139. The fourth-order valence-corrected chi connectivity index (χ4v) is 6.48. The smallest absolute Gasteiger partial charge is 0.345 e. The number of piperazine rings is 1. The number of alkyl halides is 3. The van der Waals surface area contributed by atoms with Gasteiger partial charge in [0.05, 0.1) is 16.2 Å². The number of benzene rings is 2. The first kappa shape index (κ1) is 23.3. The molecule has 4 rings (SSSR count). The number of hydrogen-bond donors (Lipinski definition) is 0. The molecular weight excluding hydrogens is 506 g/mol. The van der Waals surface area contributed by atoms with Crippen LogP contribution in [0.5, 0.6) is 0 Å². The monoisotopic (exact) mass is 521 g/mol. The van der Waals surface area contributed by atoms with E-state index >= 15 is 0 Å². The number of halogens is 5. The maximum Gasteiger partial charge on any atom is 0.417 e. The average molecular weight is 522 g/mol. The lowest BCUT2D eigenvalue weighted by Gasteiger charge is -2.34. The predicted octanol–water partition coefficient (Wildman–Crippen LogP) is 5.65. The van der Waals surface area contributed by atoms with E-state index in [2.05, 4.69) is 4.98 Å². The number of sulfonamides is 1. The first-order valence-corrected chi connectivity index (χ1v) is 12.5. The Balaban J connectivity index is 1.50. The van der Waals surface area contributed by atoms with Crippen molar-refractivity contribution in [1.82, 2.24) is 9.29 Å². The Labute approximate surface area is 197 Å². The summed E-state index contributed by atoms with van der Waals surface area (Å²) in [7, 11) is -4.29. The summed E-state index contributed by atoms with van der Waals surface area (Å²) in [4.78, 5) is 5.77. The van der Waals surface area contributed by atoms with Crippen LogP contribution in [0.2, 0.25) is 10.0 Å². The van der Waals surface area contributed by atoms with Gasteiger partial charge in [0.15, 0.2) is 5.13 Å². The summed E-state index contributed by atoms with van der Waals surface area (Å²) in [6.07, 6.45) is -4.76. The number of nitrogens with zero attached hydrogens (tertiary/aromatic N) is 3. The maximum absolute atomic E-state index is 13.3. The molecule has 0 spiro atoms. The van der Waals surface area contributed by atoms with Crippen LogP contribution in [0.3, 0.4) is 0 Å². The van der Waals surface area contributed by atoms with Crippen molar-refractivity contribution in [2.75, 3.05) is 31.1 Å². The first-order valence-electron chi connectivity index (χ1n) is 9.39. The molecule has 0 N–H and O–H groups in total. The molecule has 1 aromatic heterocycles. The van der Waals surface area contributed by atoms with E-state index in [4.69, 9.17) is 23.2 Å². The summed E-state index contributed by atoms with van der Waals surface area (Å²) < 4.78 is 66.8. The standard InChI is InChI=1S/C20H16Cl2F3N3O2S2/c21-14-9-13(10-15(22)11-14)17-12-31-19(26-17)27-5-7-28(8-6-27)32(29,30)18-4-2-1-3-16(18)20(23,24)25/h1-4,9-12H,5-8H2. The van der Waals surface area contributed by atoms with E-state index in [1.54, 1.807) is 18.2 Å². The lowest BCUT2D eigenvalue weighted by Crippen LogP contribution is -2.48. The molecule has 2 heterocycles. The van der Waals surface area contributed by atoms with Crippen molar-refractivity contribution < 1.29 is 21.6 Å². The molecule has 0 atom stereocenters. The van der Waals surface area contributed by atoms with E-state index in [9.17, 15) is 21.6 Å². The van der Waals surface area contributed by atoms with E-state index in [-0.39, 0.29) is 13.1 Å². The van der Waals surface area contributed by atoms with E-state index in [1.165, 1.54) is 23.5 Å². The second kappa shape index (κ2) is 8.83. The molecule has 0 unspecified atom stereocenters. The summed E-state index contributed by atoms with van der Waals surface area (Å²) in [5.74, 6) is 0. The van der Waals surface area contributed by atoms with Crippen LogP contribution in [0.15, 0.2) is 52.7 Å². The molecule has 5 nitrogen and oxygen atoms in total. The third kappa shape index (κ3) is 4.74. The van der Waals surface area contributed by atoms with Gasteiger partial charge in [-0.05, 0) is 30.3 Å². The highest BCUT2D eigenvalue weighted by atomic mass is 35.5. The zero-order valence-corrected chi connectivity index (χ0v) is 19.5. The average Bonchev–Trinajstić information content (AvgIpc) is 3.23. The SMILES string of the molecule is O=S(=O)(c1ccccc1C(F)(F)F)N1CCN(c2nc(-c3cc(Cl)cc(Cl)c3)cs2)CC1. The molecule has 0 bridgehead atoms. The van der Waals surface area contributed by atoms with E-state index in [0.29, 0.717) is 34.0 Å². The summed E-state index contributed by atoms with van der Waals surface area (Å²) in [5.41, 5.74) is 0.283. The molecule has 1 aliphatic rings. The van der Waals surface area contributed by atoms with Gasteiger partial charge in [-0.3, -0.25) is 0 Å². The van der Waals surface area contributed by atoms with Gasteiger partial charge in [-0.2, -0.15) is 17.5 Å². The molecule has 2 aromatic carbocycles. The van der Waals surface area contributed by atoms with Crippen molar-refractivity contribution in [2.24, 2.45) is 0 Å². The van der Waals surface area contributed by atoms with Crippen LogP contribution >= 0.6 is 34.5 Å². The van der Waals surface area contributed by atoms with Crippen molar-refractivity contribution in [1.29, 1.82) is 0 Å². The molecule has 3 aromatic rings. The van der Waals surface area contributed by atoms with Crippen LogP contribution in [0.4, 0.5) is 18.3 Å². The lowest BCUT2D eigenvalue weighted by atomic mass is 10.2. The molecule has 0 amide bonds. The molecular formula is C20H16Cl2F3N3O2S2. The predicted molar refractivity (Wildman–Crippen MR) is 120 cm³/mol. The van der Waals surface area contributed by atoms with Gasteiger partial charge in [-0.15, -0.1) is 11.3 Å². The van der Waals surface area contributed by atoms with Crippen LogP contribution in [-0.2, 0) is 16.2 Å². The summed E-state index contributed by atoms with van der Waals surface area (Å²) in [6, 6.07) is 9.35. The van der Waals surface area contributed by atoms with E-state index in [0.717, 1.165) is 22.0 Å². The Hall–Kier alpha value is -1.85. The Morgan fingerprint density at radius 2 is 1.59 bits per heavy atom. The minimum Gasteiger partial charge on any atom is -0.345 e. The minimum absolute atomic E-state index is 0.0480. The molecule has 1 fully saturated rings. The Morgan fingerprint density at radius 3 is 2.22 bits per heavy atom. The van der Waals surface area contributed by atoms with E-state index < -0.39 is 26.7 Å². The van der Waals surface area contributed by atoms with Crippen molar-refractivity contribution in [3.63, 3.8) is 0 Å². The molecule has 170 valence electrons. The second-order valence-corrected chi connectivity index (χ2v) is 10.7. The molecule has 1 aliphatic heterocycles. The highest BCUT2D eigenvalue weighted by Gasteiger charge is 2.39. The Kier molecular flexibility index (Phi) is 6.43. The van der Waals surface area contributed by atoms with Gasteiger partial charge < -0.3 is 4.90 Å². The number of anilines is 1. The quantitative estimate of drug-likeness (QED) is 0.445. The van der Waals surface area contributed by atoms with Crippen molar-refractivity contribution in [2.45, 2.75) is 11.1 Å². The first-order chi connectivity index (χ1) is 15.1. The van der Waals surface area contributed by atoms with Crippen molar-refractivity contribution >= 4 is 49.7 Å². The zero-order valence-electron chi connectivity index (χ0n) is 16.3.